The molecule has 0 bridgehead atoms. The summed E-state index contributed by atoms with van der Waals surface area (Å²) < 4.78 is 29.0. The van der Waals surface area contributed by atoms with Crippen molar-refractivity contribution in [3.05, 3.63) is 29.8 Å². The Labute approximate surface area is 105 Å². The number of hydrazine groups is 1. The highest BCUT2D eigenvalue weighted by Gasteiger charge is 2.16. The van der Waals surface area contributed by atoms with E-state index < -0.39 is 6.61 Å². The summed E-state index contributed by atoms with van der Waals surface area (Å²) in [7, 11) is 0. The Bertz CT molecular complexity index is 404. The van der Waals surface area contributed by atoms with Gasteiger partial charge in [0.25, 0.3) is 0 Å². The lowest BCUT2D eigenvalue weighted by Gasteiger charge is -2.19. The number of halogens is 2. The predicted molar refractivity (Wildman–Crippen MR) is 65.8 cm³/mol. The molecule has 3 N–H and O–H groups in total. The van der Waals surface area contributed by atoms with Gasteiger partial charge in [-0.1, -0.05) is 18.2 Å². The van der Waals surface area contributed by atoms with Gasteiger partial charge in [0, 0.05) is 18.0 Å². The highest BCUT2D eigenvalue weighted by atomic mass is 19.3. The SMILES string of the molecule is C#CCCCC(NN)c1ccccc1OC(F)F. The highest BCUT2D eigenvalue weighted by Crippen LogP contribution is 2.28. The Morgan fingerprint density at radius 3 is 2.72 bits per heavy atom. The molecule has 0 aliphatic carbocycles. The van der Waals surface area contributed by atoms with E-state index in [1.807, 2.05) is 0 Å². The summed E-state index contributed by atoms with van der Waals surface area (Å²) in [6.45, 7) is -2.85. The van der Waals surface area contributed by atoms with Gasteiger partial charge < -0.3 is 4.74 Å². The molecule has 1 rings (SSSR count). The van der Waals surface area contributed by atoms with E-state index in [4.69, 9.17) is 12.3 Å². The van der Waals surface area contributed by atoms with Crippen LogP contribution in [0.3, 0.4) is 0 Å². The van der Waals surface area contributed by atoms with Crippen molar-refractivity contribution < 1.29 is 13.5 Å². The lowest BCUT2D eigenvalue weighted by atomic mass is 10.0. The normalized spacial score (nSPS) is 12.2. The third-order valence-corrected chi connectivity index (χ3v) is 2.53. The van der Waals surface area contributed by atoms with Gasteiger partial charge in [0.05, 0.1) is 0 Å². The lowest BCUT2D eigenvalue weighted by molar-refractivity contribution is -0.0507. The summed E-state index contributed by atoms with van der Waals surface area (Å²) in [4.78, 5) is 0. The van der Waals surface area contributed by atoms with Crippen LogP contribution in [0.25, 0.3) is 0 Å². The molecule has 1 unspecified atom stereocenters. The highest BCUT2D eigenvalue weighted by molar-refractivity contribution is 5.35. The van der Waals surface area contributed by atoms with Crippen molar-refractivity contribution in [2.45, 2.75) is 31.9 Å². The molecule has 0 saturated heterocycles. The van der Waals surface area contributed by atoms with Crippen LogP contribution in [0.5, 0.6) is 5.75 Å². The molecule has 0 amide bonds. The first-order chi connectivity index (χ1) is 8.69. The van der Waals surface area contributed by atoms with E-state index in [-0.39, 0.29) is 11.8 Å². The maximum atomic E-state index is 12.3. The van der Waals surface area contributed by atoms with E-state index in [1.165, 1.54) is 6.07 Å². The summed E-state index contributed by atoms with van der Waals surface area (Å²) in [5, 5.41) is 0. The summed E-state index contributed by atoms with van der Waals surface area (Å²) in [5.74, 6) is 8.10. The van der Waals surface area contributed by atoms with Crippen LogP contribution in [0.15, 0.2) is 24.3 Å². The number of rotatable bonds is 7. The third kappa shape index (κ3) is 4.32. The number of para-hydroxylation sites is 1. The van der Waals surface area contributed by atoms with Crippen molar-refractivity contribution >= 4 is 0 Å². The van der Waals surface area contributed by atoms with Crippen LogP contribution in [-0.4, -0.2) is 6.61 Å². The van der Waals surface area contributed by atoms with Gasteiger partial charge in [0.2, 0.25) is 0 Å². The van der Waals surface area contributed by atoms with Gasteiger partial charge in [-0.15, -0.1) is 12.3 Å². The summed E-state index contributed by atoms with van der Waals surface area (Å²) in [5.41, 5.74) is 3.21. The number of benzene rings is 1. The van der Waals surface area contributed by atoms with Crippen molar-refractivity contribution in [1.29, 1.82) is 0 Å². The molecule has 1 aromatic rings. The molecule has 0 aliphatic heterocycles. The van der Waals surface area contributed by atoms with Crippen molar-refractivity contribution in [3.8, 4) is 18.1 Å². The monoisotopic (exact) mass is 254 g/mol. The second kappa shape index (κ2) is 7.64. The van der Waals surface area contributed by atoms with Crippen LogP contribution < -0.4 is 16.0 Å². The van der Waals surface area contributed by atoms with E-state index in [2.05, 4.69) is 16.1 Å². The second-order valence-electron chi connectivity index (χ2n) is 3.73. The zero-order valence-corrected chi connectivity index (χ0v) is 9.90. The minimum absolute atomic E-state index is 0.135. The van der Waals surface area contributed by atoms with Gasteiger partial charge in [-0.3, -0.25) is 11.3 Å². The van der Waals surface area contributed by atoms with Gasteiger partial charge in [-0.25, -0.2) is 0 Å². The summed E-state index contributed by atoms with van der Waals surface area (Å²) in [6.07, 6.45) is 7.20. The molecule has 98 valence electrons. The number of alkyl halides is 2. The lowest BCUT2D eigenvalue weighted by Crippen LogP contribution is -2.28. The van der Waals surface area contributed by atoms with Crippen molar-refractivity contribution in [2.75, 3.05) is 0 Å². The molecule has 0 aliphatic rings. The fraction of sp³-hybridized carbons (Fsp3) is 0.385. The number of ether oxygens (including phenoxy) is 1. The average Bonchev–Trinajstić information content (AvgIpc) is 2.35. The van der Waals surface area contributed by atoms with Gasteiger partial charge in [-0.2, -0.15) is 8.78 Å². The second-order valence-corrected chi connectivity index (χ2v) is 3.73. The molecule has 0 saturated carbocycles. The summed E-state index contributed by atoms with van der Waals surface area (Å²) >= 11 is 0. The van der Waals surface area contributed by atoms with Crippen LogP contribution in [0, 0.1) is 12.3 Å². The molecule has 1 aromatic carbocycles. The van der Waals surface area contributed by atoms with Gasteiger partial charge >= 0.3 is 6.61 Å². The Morgan fingerprint density at radius 2 is 2.11 bits per heavy atom. The molecule has 5 heteroatoms. The zero-order chi connectivity index (χ0) is 13.4. The fourth-order valence-electron chi connectivity index (χ4n) is 1.71. The number of terminal acetylenes is 1. The first kappa shape index (κ1) is 14.4. The Hall–Kier alpha value is -1.64. The molecule has 0 heterocycles. The van der Waals surface area contributed by atoms with Gasteiger partial charge in [0.1, 0.15) is 5.75 Å². The van der Waals surface area contributed by atoms with E-state index in [0.29, 0.717) is 18.4 Å². The van der Waals surface area contributed by atoms with Crippen LogP contribution in [0.2, 0.25) is 0 Å². The molecule has 0 fully saturated rings. The van der Waals surface area contributed by atoms with Crippen molar-refractivity contribution in [3.63, 3.8) is 0 Å². The minimum Gasteiger partial charge on any atom is -0.434 e. The molecule has 0 aromatic heterocycles. The maximum Gasteiger partial charge on any atom is 0.387 e. The first-order valence-corrected chi connectivity index (χ1v) is 5.62. The Morgan fingerprint density at radius 1 is 1.39 bits per heavy atom. The molecule has 3 nitrogen and oxygen atoms in total. The number of hydrogen-bond donors (Lipinski definition) is 2. The fourth-order valence-corrected chi connectivity index (χ4v) is 1.71. The topological polar surface area (TPSA) is 47.3 Å². The molecule has 0 radical (unpaired) electrons. The number of hydrogen-bond acceptors (Lipinski definition) is 3. The first-order valence-electron chi connectivity index (χ1n) is 5.62. The van der Waals surface area contributed by atoms with Crippen molar-refractivity contribution in [1.82, 2.24) is 5.43 Å². The van der Waals surface area contributed by atoms with Gasteiger partial charge in [0.15, 0.2) is 0 Å². The van der Waals surface area contributed by atoms with E-state index in [1.54, 1.807) is 18.2 Å². The Kier molecular flexibility index (Phi) is 6.12. The third-order valence-electron chi connectivity index (χ3n) is 2.53. The largest absolute Gasteiger partial charge is 0.434 e. The standard InChI is InChI=1S/C13H16F2N2O/c1-2-3-4-8-11(17-16)10-7-5-6-9-12(10)18-13(14)15/h1,5-7,9,11,13,17H,3-4,8,16H2. The van der Waals surface area contributed by atoms with Crippen LogP contribution in [0.1, 0.15) is 30.9 Å². The average molecular weight is 254 g/mol. The summed E-state index contributed by atoms with van der Waals surface area (Å²) in [6, 6.07) is 6.33. The molecule has 1 atom stereocenters. The zero-order valence-electron chi connectivity index (χ0n) is 9.90. The minimum atomic E-state index is -2.85. The molecule has 0 spiro atoms. The van der Waals surface area contributed by atoms with Gasteiger partial charge in [-0.05, 0) is 18.9 Å². The van der Waals surface area contributed by atoms with Crippen LogP contribution in [-0.2, 0) is 0 Å². The quantitative estimate of drug-likeness (QED) is 0.340. The van der Waals surface area contributed by atoms with Crippen LogP contribution in [0.4, 0.5) is 8.78 Å². The smallest absolute Gasteiger partial charge is 0.387 e. The molecular formula is C13H16F2N2O. The number of nitrogens with one attached hydrogen (secondary N) is 1. The van der Waals surface area contributed by atoms with E-state index in [0.717, 1.165) is 6.42 Å². The van der Waals surface area contributed by atoms with E-state index in [9.17, 15) is 8.78 Å². The number of nitrogens with two attached hydrogens (primary N) is 1. The molecular weight excluding hydrogens is 238 g/mol. The van der Waals surface area contributed by atoms with E-state index >= 15 is 0 Å². The van der Waals surface area contributed by atoms with Crippen molar-refractivity contribution in [2.24, 2.45) is 5.84 Å². The Balaban J connectivity index is 2.81. The van der Waals surface area contributed by atoms with Crippen LogP contribution >= 0.6 is 0 Å². The maximum absolute atomic E-state index is 12.3. The molecule has 18 heavy (non-hydrogen) atoms. The number of unbranched alkanes of at least 4 members (excludes halogenated alkanes) is 1. The predicted octanol–water partition coefficient (Wildman–Crippen LogP) is 2.60.